The lowest BCUT2D eigenvalue weighted by Crippen LogP contribution is -2.32. The van der Waals surface area contributed by atoms with Gasteiger partial charge >= 0.3 is 5.97 Å². The summed E-state index contributed by atoms with van der Waals surface area (Å²) < 4.78 is 10.1. The van der Waals surface area contributed by atoms with E-state index in [2.05, 4.69) is 10.5 Å². The number of esters is 1. The van der Waals surface area contributed by atoms with E-state index < -0.39 is 22.8 Å². The van der Waals surface area contributed by atoms with Gasteiger partial charge in [-0.1, -0.05) is 23.4 Å². The van der Waals surface area contributed by atoms with Crippen molar-refractivity contribution in [2.24, 2.45) is 0 Å². The zero-order valence-electron chi connectivity index (χ0n) is 15.5. The van der Waals surface area contributed by atoms with E-state index in [-0.39, 0.29) is 29.3 Å². The summed E-state index contributed by atoms with van der Waals surface area (Å²) >= 11 is 0. The van der Waals surface area contributed by atoms with E-state index >= 15 is 0 Å². The minimum Gasteiger partial charge on any atom is -0.463 e. The molecule has 0 radical (unpaired) electrons. The summed E-state index contributed by atoms with van der Waals surface area (Å²) in [6.45, 7) is 6.58. The zero-order valence-corrected chi connectivity index (χ0v) is 15.5. The van der Waals surface area contributed by atoms with E-state index in [0.717, 1.165) is 0 Å². The summed E-state index contributed by atoms with van der Waals surface area (Å²) in [5, 5.41) is 17.8. The number of para-hydroxylation sites is 1. The van der Waals surface area contributed by atoms with Crippen molar-refractivity contribution in [1.82, 2.24) is 10.5 Å². The summed E-state index contributed by atoms with van der Waals surface area (Å²) in [5.41, 5.74) is 0.633. The molecule has 0 spiro atoms. The molecule has 0 bridgehead atoms. The van der Waals surface area contributed by atoms with Gasteiger partial charge in [-0.15, -0.1) is 0 Å². The number of nitrogens with zero attached hydrogens (tertiary/aromatic N) is 2. The number of rotatable bonds is 7. The Balaban J connectivity index is 2.37. The van der Waals surface area contributed by atoms with Gasteiger partial charge in [0.05, 0.1) is 34.7 Å². The fourth-order valence-electron chi connectivity index (χ4n) is 2.70. The number of amides is 1. The topological polar surface area (TPSA) is 125 Å². The molecule has 9 heteroatoms. The monoisotopic (exact) mass is 375 g/mol. The molecule has 0 aliphatic heterocycles. The lowest BCUT2D eigenvalue weighted by atomic mass is 10.0. The number of carbonyl (C=O) groups is 2. The van der Waals surface area contributed by atoms with Crippen LogP contribution in [-0.4, -0.2) is 28.1 Å². The van der Waals surface area contributed by atoms with Gasteiger partial charge in [-0.05, 0) is 27.7 Å². The second-order valence-corrected chi connectivity index (χ2v) is 6.28. The highest BCUT2D eigenvalue weighted by Gasteiger charge is 2.28. The van der Waals surface area contributed by atoms with Crippen LogP contribution in [0.2, 0.25) is 0 Å². The third kappa shape index (κ3) is 4.90. The van der Waals surface area contributed by atoms with Crippen molar-refractivity contribution in [3.05, 3.63) is 57.0 Å². The first-order valence-electron chi connectivity index (χ1n) is 8.37. The second kappa shape index (κ2) is 8.43. The number of benzene rings is 1. The van der Waals surface area contributed by atoms with Crippen molar-refractivity contribution >= 4 is 17.6 Å². The van der Waals surface area contributed by atoms with Gasteiger partial charge in [0.15, 0.2) is 0 Å². The summed E-state index contributed by atoms with van der Waals surface area (Å²) in [6, 6.07) is 4.99. The maximum Gasteiger partial charge on any atom is 0.308 e. The molecule has 0 saturated carbocycles. The average molecular weight is 375 g/mol. The van der Waals surface area contributed by atoms with Crippen LogP contribution in [0, 0.1) is 24.0 Å². The van der Waals surface area contributed by atoms with Crippen LogP contribution in [0.4, 0.5) is 5.69 Å². The largest absolute Gasteiger partial charge is 0.463 e. The maximum atomic E-state index is 12.7. The fourth-order valence-corrected chi connectivity index (χ4v) is 2.70. The first-order chi connectivity index (χ1) is 12.7. The van der Waals surface area contributed by atoms with E-state index in [0.29, 0.717) is 11.5 Å². The standard InChI is InChI=1S/C18H21N3O6/c1-10(2)26-16(22)9-14(13-7-5-6-8-15(13)21(24)25)19-18(23)17-11(3)20-27-12(17)4/h5-8,10,14H,9H2,1-4H3,(H,19,23). The average Bonchev–Trinajstić information content (AvgIpc) is 2.92. The van der Waals surface area contributed by atoms with Crippen molar-refractivity contribution in [1.29, 1.82) is 0 Å². The molecule has 2 rings (SSSR count). The van der Waals surface area contributed by atoms with E-state index in [1.807, 2.05) is 0 Å². The molecule has 27 heavy (non-hydrogen) atoms. The number of carbonyl (C=O) groups excluding carboxylic acids is 2. The molecule has 0 aliphatic carbocycles. The smallest absolute Gasteiger partial charge is 0.308 e. The molecule has 1 aromatic carbocycles. The second-order valence-electron chi connectivity index (χ2n) is 6.28. The first-order valence-corrected chi connectivity index (χ1v) is 8.37. The summed E-state index contributed by atoms with van der Waals surface area (Å²) in [6.07, 6.45) is -0.597. The van der Waals surface area contributed by atoms with E-state index in [9.17, 15) is 19.7 Å². The maximum absolute atomic E-state index is 12.7. The highest BCUT2D eigenvalue weighted by Crippen LogP contribution is 2.28. The SMILES string of the molecule is Cc1noc(C)c1C(=O)NC(CC(=O)OC(C)C)c1ccccc1[N+](=O)[O-]. The Bertz CT molecular complexity index is 839. The van der Waals surface area contributed by atoms with Crippen LogP contribution in [0.25, 0.3) is 0 Å². The lowest BCUT2D eigenvalue weighted by molar-refractivity contribution is -0.385. The Kier molecular flexibility index (Phi) is 6.27. The Morgan fingerprint density at radius 2 is 1.96 bits per heavy atom. The van der Waals surface area contributed by atoms with Crippen LogP contribution in [0.5, 0.6) is 0 Å². The third-order valence-electron chi connectivity index (χ3n) is 3.81. The summed E-state index contributed by atoms with van der Waals surface area (Å²) in [4.78, 5) is 35.6. The highest BCUT2D eigenvalue weighted by atomic mass is 16.6. The van der Waals surface area contributed by atoms with Crippen LogP contribution < -0.4 is 5.32 Å². The molecule has 0 fully saturated rings. The van der Waals surface area contributed by atoms with Gasteiger partial charge in [-0.2, -0.15) is 0 Å². The van der Waals surface area contributed by atoms with Gasteiger partial charge in [-0.25, -0.2) is 0 Å². The van der Waals surface area contributed by atoms with Crippen molar-refractivity contribution in [3.63, 3.8) is 0 Å². The normalized spacial score (nSPS) is 11.9. The number of hydrogen-bond acceptors (Lipinski definition) is 7. The molecule has 1 heterocycles. The predicted octanol–water partition coefficient (Wildman–Crippen LogP) is 3.01. The number of aryl methyl sites for hydroxylation is 2. The summed E-state index contributed by atoms with van der Waals surface area (Å²) in [7, 11) is 0. The zero-order chi connectivity index (χ0) is 20.1. The van der Waals surface area contributed by atoms with Crippen LogP contribution in [-0.2, 0) is 9.53 Å². The molecule has 2 aromatic rings. The van der Waals surface area contributed by atoms with Crippen molar-refractivity contribution in [3.8, 4) is 0 Å². The van der Waals surface area contributed by atoms with Crippen molar-refractivity contribution in [2.45, 2.75) is 46.3 Å². The summed E-state index contributed by atoms with van der Waals surface area (Å²) in [5.74, 6) is -0.796. The molecular formula is C18H21N3O6. The number of ether oxygens (including phenoxy) is 1. The third-order valence-corrected chi connectivity index (χ3v) is 3.81. The first kappa shape index (κ1) is 20.1. The van der Waals surface area contributed by atoms with E-state index in [4.69, 9.17) is 9.26 Å². The molecule has 1 aromatic heterocycles. The fraction of sp³-hybridized carbons (Fsp3) is 0.389. The van der Waals surface area contributed by atoms with Gasteiger partial charge in [0.1, 0.15) is 11.3 Å². The van der Waals surface area contributed by atoms with Crippen LogP contribution in [0.15, 0.2) is 28.8 Å². The van der Waals surface area contributed by atoms with Gasteiger partial charge < -0.3 is 14.6 Å². The van der Waals surface area contributed by atoms with E-state index in [1.54, 1.807) is 33.8 Å². The molecule has 0 saturated heterocycles. The molecule has 0 aliphatic rings. The highest BCUT2D eigenvalue weighted by molar-refractivity contribution is 5.96. The van der Waals surface area contributed by atoms with Gasteiger partial charge in [0, 0.05) is 6.07 Å². The quantitative estimate of drug-likeness (QED) is 0.448. The van der Waals surface area contributed by atoms with E-state index in [1.165, 1.54) is 18.2 Å². The minimum atomic E-state index is -0.945. The lowest BCUT2D eigenvalue weighted by Gasteiger charge is -2.19. The van der Waals surface area contributed by atoms with Crippen molar-refractivity contribution in [2.75, 3.05) is 0 Å². The molecule has 1 unspecified atom stereocenters. The molecule has 1 amide bonds. The molecular weight excluding hydrogens is 354 g/mol. The Hall–Kier alpha value is -3.23. The van der Waals surface area contributed by atoms with Crippen molar-refractivity contribution < 1.29 is 23.8 Å². The van der Waals surface area contributed by atoms with Gasteiger partial charge in [0.25, 0.3) is 11.6 Å². The molecule has 1 atom stereocenters. The number of aromatic nitrogens is 1. The van der Waals surface area contributed by atoms with Gasteiger partial charge in [0.2, 0.25) is 0 Å². The molecule has 9 nitrogen and oxygen atoms in total. The number of nitro benzene ring substituents is 1. The predicted molar refractivity (Wildman–Crippen MR) is 95.1 cm³/mol. The minimum absolute atomic E-state index is 0.195. The van der Waals surface area contributed by atoms with Crippen LogP contribution in [0.1, 0.15) is 53.7 Å². The van der Waals surface area contributed by atoms with Crippen LogP contribution >= 0.6 is 0 Å². The Morgan fingerprint density at radius 1 is 1.30 bits per heavy atom. The molecule has 1 N–H and O–H groups in total. The number of nitrogens with one attached hydrogen (secondary N) is 1. The Labute approximate surface area is 155 Å². The molecule has 144 valence electrons. The van der Waals surface area contributed by atoms with Gasteiger partial charge in [-0.3, -0.25) is 19.7 Å². The van der Waals surface area contributed by atoms with Crippen LogP contribution in [0.3, 0.4) is 0 Å². The Morgan fingerprint density at radius 3 is 2.52 bits per heavy atom. The number of hydrogen-bond donors (Lipinski definition) is 1. The number of nitro groups is 1.